The second-order valence-corrected chi connectivity index (χ2v) is 7.31. The van der Waals surface area contributed by atoms with E-state index in [1.165, 1.54) is 25.7 Å². The van der Waals surface area contributed by atoms with Crippen molar-refractivity contribution in [2.75, 3.05) is 20.3 Å². The van der Waals surface area contributed by atoms with E-state index in [0.29, 0.717) is 23.9 Å². The molecule has 1 unspecified atom stereocenters. The Labute approximate surface area is 147 Å². The monoisotopic (exact) mass is 411 g/mol. The van der Waals surface area contributed by atoms with Crippen LogP contribution in [-0.2, 0) is 4.74 Å². The zero-order valence-corrected chi connectivity index (χ0v) is 16.6. The first-order valence-electron chi connectivity index (χ1n) is 7.88. The lowest BCUT2D eigenvalue weighted by Crippen LogP contribution is -2.41. The lowest BCUT2D eigenvalue weighted by Gasteiger charge is -2.36. The van der Waals surface area contributed by atoms with Gasteiger partial charge in [0.1, 0.15) is 0 Å². The predicted octanol–water partition coefficient (Wildman–Crippen LogP) is 3.40. The van der Waals surface area contributed by atoms with Crippen molar-refractivity contribution in [1.82, 2.24) is 5.32 Å². The van der Waals surface area contributed by atoms with Crippen LogP contribution >= 0.6 is 24.0 Å². The third-order valence-electron chi connectivity index (χ3n) is 4.40. The molecule has 1 atom stereocenters. The molecule has 1 aliphatic carbocycles. The topological polar surface area (TPSA) is 59.6 Å². The molecule has 0 heterocycles. The zero-order chi connectivity index (χ0) is 15.2. The van der Waals surface area contributed by atoms with Crippen molar-refractivity contribution in [3.8, 4) is 0 Å². The summed E-state index contributed by atoms with van der Waals surface area (Å²) in [6, 6.07) is 0.209. The molecular weight excluding hydrogens is 377 g/mol. The largest absolute Gasteiger partial charge is 0.383 e. The standard InChI is InChI=1S/C16H33N3O.HI/c1-12(11-20-5)19-15(17)18-10-13-6-8-14(9-7-13)16(2,3)4;/h12-14H,6-11H2,1-5H3,(H3,17,18,19);1H. The lowest BCUT2D eigenvalue weighted by molar-refractivity contribution is 0.152. The maximum Gasteiger partial charge on any atom is 0.188 e. The van der Waals surface area contributed by atoms with Crippen molar-refractivity contribution >= 4 is 29.9 Å². The van der Waals surface area contributed by atoms with E-state index in [0.717, 1.165) is 12.5 Å². The van der Waals surface area contributed by atoms with Crippen molar-refractivity contribution in [3.05, 3.63) is 0 Å². The van der Waals surface area contributed by atoms with Crippen LogP contribution in [0.1, 0.15) is 53.4 Å². The average Bonchev–Trinajstić information content (AvgIpc) is 2.36. The van der Waals surface area contributed by atoms with E-state index in [1.807, 2.05) is 6.92 Å². The molecule has 126 valence electrons. The Morgan fingerprint density at radius 1 is 1.29 bits per heavy atom. The summed E-state index contributed by atoms with van der Waals surface area (Å²) in [7, 11) is 1.69. The molecule has 5 heteroatoms. The fourth-order valence-corrected chi connectivity index (χ4v) is 3.03. The zero-order valence-electron chi connectivity index (χ0n) is 14.3. The third-order valence-corrected chi connectivity index (χ3v) is 4.40. The molecule has 0 spiro atoms. The van der Waals surface area contributed by atoms with Crippen molar-refractivity contribution in [3.63, 3.8) is 0 Å². The highest BCUT2D eigenvalue weighted by molar-refractivity contribution is 14.0. The Morgan fingerprint density at radius 2 is 1.86 bits per heavy atom. The Morgan fingerprint density at radius 3 is 2.33 bits per heavy atom. The number of nitrogens with two attached hydrogens (primary N) is 1. The number of nitrogens with one attached hydrogen (secondary N) is 1. The van der Waals surface area contributed by atoms with E-state index in [1.54, 1.807) is 7.11 Å². The van der Waals surface area contributed by atoms with Crippen molar-refractivity contribution in [2.24, 2.45) is 28.0 Å². The number of ether oxygens (including phenoxy) is 1. The molecule has 0 bridgehead atoms. The van der Waals surface area contributed by atoms with Gasteiger partial charge in [0, 0.05) is 19.7 Å². The van der Waals surface area contributed by atoms with Crippen LogP contribution in [-0.4, -0.2) is 32.3 Å². The van der Waals surface area contributed by atoms with E-state index in [4.69, 9.17) is 10.5 Å². The molecule has 1 rings (SSSR count). The Bertz CT molecular complexity index is 307. The normalized spacial score (nSPS) is 25.1. The molecule has 1 aliphatic rings. The van der Waals surface area contributed by atoms with Crippen LogP contribution in [0.25, 0.3) is 0 Å². The number of rotatable bonds is 5. The summed E-state index contributed by atoms with van der Waals surface area (Å²) >= 11 is 0. The number of nitrogens with zero attached hydrogens (tertiary/aromatic N) is 1. The number of methoxy groups -OCH3 is 1. The number of hydrogen-bond donors (Lipinski definition) is 2. The molecule has 1 fully saturated rings. The minimum atomic E-state index is 0. The first-order chi connectivity index (χ1) is 9.32. The summed E-state index contributed by atoms with van der Waals surface area (Å²) in [5, 5.41) is 3.16. The van der Waals surface area contributed by atoms with Gasteiger partial charge in [-0.25, -0.2) is 0 Å². The molecular formula is C16H34IN3O. The number of aliphatic imine (C=N–C) groups is 1. The van der Waals surface area contributed by atoms with E-state index in [2.05, 4.69) is 31.1 Å². The average molecular weight is 411 g/mol. The molecule has 21 heavy (non-hydrogen) atoms. The molecule has 0 aromatic rings. The Kier molecular flexibility index (Phi) is 9.85. The van der Waals surface area contributed by atoms with Gasteiger partial charge in [-0.15, -0.1) is 24.0 Å². The van der Waals surface area contributed by atoms with Gasteiger partial charge in [0.05, 0.1) is 6.61 Å². The summed E-state index contributed by atoms with van der Waals surface area (Å²) in [5.41, 5.74) is 6.35. The first kappa shape index (κ1) is 21.0. The molecule has 0 aliphatic heterocycles. The summed E-state index contributed by atoms with van der Waals surface area (Å²) in [5.74, 6) is 2.11. The Hall–Kier alpha value is -0.0400. The molecule has 0 saturated heterocycles. The summed E-state index contributed by atoms with van der Waals surface area (Å²) < 4.78 is 5.07. The fraction of sp³-hybridized carbons (Fsp3) is 0.938. The van der Waals surface area contributed by atoms with Gasteiger partial charge < -0.3 is 15.8 Å². The van der Waals surface area contributed by atoms with Gasteiger partial charge in [-0.3, -0.25) is 4.99 Å². The molecule has 3 N–H and O–H groups in total. The van der Waals surface area contributed by atoms with Crippen LogP contribution < -0.4 is 11.1 Å². The highest BCUT2D eigenvalue weighted by Gasteiger charge is 2.29. The minimum absolute atomic E-state index is 0. The van der Waals surface area contributed by atoms with Gasteiger partial charge in [0.15, 0.2) is 5.96 Å². The number of halogens is 1. The van der Waals surface area contributed by atoms with Gasteiger partial charge >= 0.3 is 0 Å². The Balaban J connectivity index is 0.00000400. The van der Waals surface area contributed by atoms with Gasteiger partial charge in [0.25, 0.3) is 0 Å². The SMILES string of the molecule is COCC(C)NC(N)=NCC1CCC(C(C)(C)C)CC1.I. The summed E-state index contributed by atoms with van der Waals surface area (Å²) in [6.45, 7) is 10.6. The van der Waals surface area contributed by atoms with E-state index < -0.39 is 0 Å². The van der Waals surface area contributed by atoms with E-state index in [9.17, 15) is 0 Å². The van der Waals surface area contributed by atoms with Crippen LogP contribution in [0.5, 0.6) is 0 Å². The fourth-order valence-electron chi connectivity index (χ4n) is 3.03. The third kappa shape index (κ3) is 8.24. The lowest BCUT2D eigenvalue weighted by atomic mass is 9.70. The predicted molar refractivity (Wildman–Crippen MR) is 101 cm³/mol. The molecule has 4 nitrogen and oxygen atoms in total. The molecule has 1 saturated carbocycles. The minimum Gasteiger partial charge on any atom is -0.383 e. The van der Waals surface area contributed by atoms with E-state index >= 15 is 0 Å². The molecule has 0 aromatic carbocycles. The van der Waals surface area contributed by atoms with Crippen molar-refractivity contribution in [1.29, 1.82) is 0 Å². The maximum absolute atomic E-state index is 5.90. The van der Waals surface area contributed by atoms with Crippen LogP contribution in [0.15, 0.2) is 4.99 Å². The van der Waals surface area contributed by atoms with Crippen LogP contribution in [0.2, 0.25) is 0 Å². The highest BCUT2D eigenvalue weighted by atomic mass is 127. The smallest absolute Gasteiger partial charge is 0.188 e. The quantitative estimate of drug-likeness (QED) is 0.414. The van der Waals surface area contributed by atoms with E-state index in [-0.39, 0.29) is 30.0 Å². The maximum atomic E-state index is 5.90. The van der Waals surface area contributed by atoms with Crippen molar-refractivity contribution < 1.29 is 4.74 Å². The van der Waals surface area contributed by atoms with Crippen LogP contribution in [0.3, 0.4) is 0 Å². The first-order valence-corrected chi connectivity index (χ1v) is 7.88. The number of guanidine groups is 1. The van der Waals surface area contributed by atoms with Crippen molar-refractivity contribution in [2.45, 2.75) is 59.4 Å². The molecule has 0 aromatic heterocycles. The molecule has 0 amide bonds. The second-order valence-electron chi connectivity index (χ2n) is 7.31. The van der Waals surface area contributed by atoms with Gasteiger partial charge in [-0.2, -0.15) is 0 Å². The molecule has 0 radical (unpaired) electrons. The van der Waals surface area contributed by atoms with Gasteiger partial charge in [-0.1, -0.05) is 20.8 Å². The summed E-state index contributed by atoms with van der Waals surface area (Å²) in [6.07, 6.45) is 5.23. The van der Waals surface area contributed by atoms with Crippen LogP contribution in [0.4, 0.5) is 0 Å². The highest BCUT2D eigenvalue weighted by Crippen LogP contribution is 2.39. The summed E-state index contributed by atoms with van der Waals surface area (Å²) in [4.78, 5) is 4.49. The number of hydrogen-bond acceptors (Lipinski definition) is 2. The van der Waals surface area contributed by atoms with Crippen LogP contribution in [0, 0.1) is 17.3 Å². The van der Waals surface area contributed by atoms with Gasteiger partial charge in [0.2, 0.25) is 0 Å². The second kappa shape index (κ2) is 9.87. The van der Waals surface area contributed by atoms with Gasteiger partial charge in [-0.05, 0) is 49.9 Å².